The van der Waals surface area contributed by atoms with Crippen molar-refractivity contribution in [3.63, 3.8) is 0 Å². The zero-order valence-electron chi connectivity index (χ0n) is 7.35. The highest BCUT2D eigenvalue weighted by Crippen LogP contribution is 2.29. The second kappa shape index (κ2) is 4.86. The first kappa shape index (κ1) is 12.3. The van der Waals surface area contributed by atoms with E-state index in [0.717, 1.165) is 6.07 Å². The Morgan fingerprint density at radius 2 is 2.00 bits per heavy atom. The first-order chi connectivity index (χ1) is 6.93. The van der Waals surface area contributed by atoms with Gasteiger partial charge in [-0.3, -0.25) is 0 Å². The number of pyridine rings is 1. The minimum absolute atomic E-state index is 0.195. The maximum absolute atomic E-state index is 12.3. The van der Waals surface area contributed by atoms with Crippen molar-refractivity contribution in [2.24, 2.45) is 0 Å². The topological polar surface area (TPSA) is 12.9 Å². The van der Waals surface area contributed by atoms with Crippen LogP contribution in [0.4, 0.5) is 13.2 Å². The molecule has 1 aromatic heterocycles. The van der Waals surface area contributed by atoms with Crippen LogP contribution in [0.1, 0.15) is 11.3 Å². The Morgan fingerprint density at radius 1 is 1.33 bits per heavy atom. The molecule has 0 N–H and O–H groups in total. The van der Waals surface area contributed by atoms with Gasteiger partial charge in [-0.25, -0.2) is 4.98 Å². The normalized spacial score (nSPS) is 12.3. The Kier molecular flexibility index (Phi) is 3.99. The van der Waals surface area contributed by atoms with Crippen LogP contribution in [0, 0.1) is 0 Å². The van der Waals surface area contributed by atoms with Crippen LogP contribution >= 0.6 is 23.2 Å². The number of rotatable bonds is 2. The highest BCUT2D eigenvalue weighted by molar-refractivity contribution is 6.29. The summed E-state index contributed by atoms with van der Waals surface area (Å²) in [7, 11) is 0. The first-order valence-electron chi connectivity index (χ1n) is 3.91. The van der Waals surface area contributed by atoms with Crippen molar-refractivity contribution in [2.45, 2.75) is 6.18 Å². The van der Waals surface area contributed by atoms with E-state index < -0.39 is 11.9 Å². The molecule has 1 rings (SSSR count). The van der Waals surface area contributed by atoms with Crippen LogP contribution in [0.25, 0.3) is 6.08 Å². The van der Waals surface area contributed by atoms with Crippen molar-refractivity contribution in [3.05, 3.63) is 34.6 Å². The second-order valence-corrected chi connectivity index (χ2v) is 3.36. The third-order valence-corrected chi connectivity index (χ3v) is 1.88. The Labute approximate surface area is 94.5 Å². The van der Waals surface area contributed by atoms with E-state index in [9.17, 15) is 13.2 Å². The second-order valence-electron chi connectivity index (χ2n) is 2.66. The molecule has 6 heteroatoms. The number of allylic oxidation sites excluding steroid dienone is 1. The van der Waals surface area contributed by atoms with Crippen LogP contribution in [-0.2, 0) is 6.18 Å². The lowest BCUT2D eigenvalue weighted by Crippen LogP contribution is -2.08. The van der Waals surface area contributed by atoms with E-state index in [2.05, 4.69) is 4.98 Å². The monoisotopic (exact) mass is 255 g/mol. The van der Waals surface area contributed by atoms with E-state index in [-0.39, 0.29) is 11.0 Å². The van der Waals surface area contributed by atoms with Gasteiger partial charge in [-0.05, 0) is 17.7 Å². The van der Waals surface area contributed by atoms with Crippen molar-refractivity contribution in [1.82, 2.24) is 4.98 Å². The van der Waals surface area contributed by atoms with E-state index in [4.69, 9.17) is 23.2 Å². The molecule has 0 bridgehead atoms. The molecule has 1 nitrogen and oxygen atoms in total. The van der Waals surface area contributed by atoms with Crippen molar-refractivity contribution in [2.75, 3.05) is 5.88 Å². The highest BCUT2D eigenvalue weighted by Gasteiger charge is 2.32. The summed E-state index contributed by atoms with van der Waals surface area (Å²) < 4.78 is 36.9. The molecule has 0 aliphatic rings. The van der Waals surface area contributed by atoms with E-state index in [1.807, 2.05) is 0 Å². The van der Waals surface area contributed by atoms with Gasteiger partial charge < -0.3 is 0 Å². The lowest BCUT2D eigenvalue weighted by atomic mass is 10.2. The summed E-state index contributed by atoms with van der Waals surface area (Å²) >= 11 is 10.8. The maximum Gasteiger partial charge on any atom is 0.433 e. The van der Waals surface area contributed by atoms with E-state index >= 15 is 0 Å². The number of alkyl halides is 4. The third kappa shape index (κ3) is 3.72. The summed E-state index contributed by atoms with van der Waals surface area (Å²) in [4.78, 5) is 3.19. The summed E-state index contributed by atoms with van der Waals surface area (Å²) in [6, 6.07) is 2.24. The average Bonchev–Trinajstić information content (AvgIpc) is 2.12. The number of hydrogen-bond acceptors (Lipinski definition) is 1. The molecular formula is C9H6Cl2F3N. The summed E-state index contributed by atoms with van der Waals surface area (Å²) in [5, 5.41) is -0.195. The first-order valence-corrected chi connectivity index (χ1v) is 4.82. The van der Waals surface area contributed by atoms with Crippen LogP contribution < -0.4 is 0 Å². The molecule has 0 aromatic carbocycles. The van der Waals surface area contributed by atoms with Gasteiger partial charge >= 0.3 is 6.18 Å². The molecule has 0 fully saturated rings. The predicted octanol–water partition coefficient (Wildman–Crippen LogP) is 4.01. The van der Waals surface area contributed by atoms with Crippen molar-refractivity contribution < 1.29 is 13.2 Å². The molecule has 1 aromatic rings. The zero-order valence-corrected chi connectivity index (χ0v) is 8.87. The summed E-state index contributed by atoms with van der Waals surface area (Å²) in [6.07, 6.45) is -1.52. The Bertz CT molecular complexity index is 374. The molecule has 0 saturated heterocycles. The van der Waals surface area contributed by atoms with Gasteiger partial charge in [0, 0.05) is 5.88 Å². The van der Waals surface area contributed by atoms with Crippen molar-refractivity contribution >= 4 is 29.3 Å². The lowest BCUT2D eigenvalue weighted by molar-refractivity contribution is -0.141. The summed E-state index contributed by atoms with van der Waals surface area (Å²) in [5.41, 5.74) is -0.688. The minimum atomic E-state index is -4.49. The van der Waals surface area contributed by atoms with Crippen LogP contribution in [0.5, 0.6) is 0 Å². The fourth-order valence-corrected chi connectivity index (χ4v) is 1.24. The van der Waals surface area contributed by atoms with Gasteiger partial charge in [-0.15, -0.1) is 11.6 Å². The molecule has 0 amide bonds. The Hall–Kier alpha value is -0.740. The Morgan fingerprint density at radius 3 is 2.53 bits per heavy atom. The molecule has 0 aliphatic heterocycles. The molecule has 15 heavy (non-hydrogen) atoms. The van der Waals surface area contributed by atoms with E-state index in [0.29, 0.717) is 5.56 Å². The molecule has 0 unspecified atom stereocenters. The van der Waals surface area contributed by atoms with E-state index in [1.54, 1.807) is 0 Å². The standard InChI is InChI=1S/C9H6Cl2F3N/c10-3-1-2-6-4-7(9(12,13)14)15-8(11)5-6/h1-2,4-5H,3H2. The van der Waals surface area contributed by atoms with Gasteiger partial charge in [0.15, 0.2) is 0 Å². The lowest BCUT2D eigenvalue weighted by Gasteiger charge is -2.06. The number of nitrogens with zero attached hydrogens (tertiary/aromatic N) is 1. The van der Waals surface area contributed by atoms with Crippen LogP contribution in [0.15, 0.2) is 18.2 Å². The molecule has 0 saturated carbocycles. The van der Waals surface area contributed by atoms with Crippen LogP contribution in [0.3, 0.4) is 0 Å². The molecule has 82 valence electrons. The maximum atomic E-state index is 12.3. The third-order valence-electron chi connectivity index (χ3n) is 1.51. The van der Waals surface area contributed by atoms with Crippen molar-refractivity contribution in [1.29, 1.82) is 0 Å². The number of halogens is 5. The fraction of sp³-hybridized carbons (Fsp3) is 0.222. The van der Waals surface area contributed by atoms with Gasteiger partial charge in [0.25, 0.3) is 0 Å². The highest BCUT2D eigenvalue weighted by atomic mass is 35.5. The predicted molar refractivity (Wildman–Crippen MR) is 54.0 cm³/mol. The molecule has 0 spiro atoms. The zero-order chi connectivity index (χ0) is 11.5. The van der Waals surface area contributed by atoms with Gasteiger partial charge in [-0.2, -0.15) is 13.2 Å². The SMILES string of the molecule is FC(F)(F)c1cc(C=CCCl)cc(Cl)n1. The quantitative estimate of drug-likeness (QED) is 0.575. The van der Waals surface area contributed by atoms with Gasteiger partial charge in [-0.1, -0.05) is 23.8 Å². The van der Waals surface area contributed by atoms with Gasteiger partial charge in [0.1, 0.15) is 10.8 Å². The minimum Gasteiger partial charge on any atom is -0.232 e. The summed E-state index contributed by atoms with van der Waals surface area (Å²) in [6.45, 7) is 0. The smallest absolute Gasteiger partial charge is 0.232 e. The van der Waals surface area contributed by atoms with Gasteiger partial charge in [0.05, 0.1) is 0 Å². The Balaban J connectivity index is 3.11. The molecular weight excluding hydrogens is 250 g/mol. The number of aromatic nitrogens is 1. The number of hydrogen-bond donors (Lipinski definition) is 0. The van der Waals surface area contributed by atoms with Gasteiger partial charge in [0.2, 0.25) is 0 Å². The molecule has 1 heterocycles. The van der Waals surface area contributed by atoms with Crippen LogP contribution in [0.2, 0.25) is 5.15 Å². The molecule has 0 radical (unpaired) electrons. The molecule has 0 atom stereocenters. The van der Waals surface area contributed by atoms with Crippen LogP contribution in [-0.4, -0.2) is 10.9 Å². The fourth-order valence-electron chi connectivity index (χ4n) is 0.939. The van der Waals surface area contributed by atoms with Crippen molar-refractivity contribution in [3.8, 4) is 0 Å². The molecule has 0 aliphatic carbocycles. The summed E-state index contributed by atoms with van der Waals surface area (Å²) in [5.74, 6) is 0.224. The van der Waals surface area contributed by atoms with E-state index in [1.165, 1.54) is 18.2 Å². The average molecular weight is 256 g/mol. The largest absolute Gasteiger partial charge is 0.433 e.